The molecule has 4 heteroatoms. The van der Waals surface area contributed by atoms with Crippen LogP contribution in [0.5, 0.6) is 0 Å². The molecule has 1 aromatic rings. The van der Waals surface area contributed by atoms with Gasteiger partial charge in [0.05, 0.1) is 5.60 Å². The lowest BCUT2D eigenvalue weighted by atomic mass is 10.0. The first-order valence-electron chi connectivity index (χ1n) is 5.06. The predicted molar refractivity (Wildman–Crippen MR) is 57.2 cm³/mol. The van der Waals surface area contributed by atoms with Crippen molar-refractivity contribution in [1.82, 2.24) is 0 Å². The zero-order valence-electron chi connectivity index (χ0n) is 8.49. The van der Waals surface area contributed by atoms with Gasteiger partial charge < -0.3 is 15.7 Å². The van der Waals surface area contributed by atoms with Gasteiger partial charge >= 0.3 is 0 Å². The van der Waals surface area contributed by atoms with Gasteiger partial charge in [-0.3, -0.25) is 0 Å². The minimum Gasteiger partial charge on any atom is -0.387 e. The Bertz CT molecular complexity index is 358. The van der Waals surface area contributed by atoms with Crippen LogP contribution in [0.15, 0.2) is 24.3 Å². The summed E-state index contributed by atoms with van der Waals surface area (Å²) in [5.41, 5.74) is 5.48. The van der Waals surface area contributed by atoms with Crippen molar-refractivity contribution in [2.75, 3.05) is 24.5 Å². The molecule has 15 heavy (non-hydrogen) atoms. The Morgan fingerprint density at radius 2 is 2.33 bits per heavy atom. The molecule has 1 saturated heterocycles. The summed E-state index contributed by atoms with van der Waals surface area (Å²) in [7, 11) is 0. The number of benzene rings is 1. The lowest BCUT2D eigenvalue weighted by molar-refractivity contribution is 0.0726. The first-order chi connectivity index (χ1) is 7.13. The fourth-order valence-corrected chi connectivity index (χ4v) is 1.92. The molecule has 0 aliphatic carbocycles. The fourth-order valence-electron chi connectivity index (χ4n) is 1.92. The molecule has 0 amide bonds. The molecule has 0 aromatic heterocycles. The lowest BCUT2D eigenvalue weighted by Crippen LogP contribution is -2.40. The quantitative estimate of drug-likeness (QED) is 0.756. The second kappa shape index (κ2) is 3.79. The van der Waals surface area contributed by atoms with Crippen LogP contribution in [0.3, 0.4) is 0 Å². The lowest BCUT2D eigenvalue weighted by Gasteiger charge is -2.22. The zero-order chi connectivity index (χ0) is 10.9. The molecule has 0 radical (unpaired) electrons. The molecule has 0 bridgehead atoms. The van der Waals surface area contributed by atoms with Gasteiger partial charge in [0.2, 0.25) is 0 Å². The second-order valence-corrected chi connectivity index (χ2v) is 4.08. The Kier molecular flexibility index (Phi) is 2.63. The molecule has 1 fully saturated rings. The van der Waals surface area contributed by atoms with Crippen molar-refractivity contribution in [2.45, 2.75) is 12.0 Å². The van der Waals surface area contributed by atoms with Crippen LogP contribution in [0.1, 0.15) is 6.42 Å². The van der Waals surface area contributed by atoms with Gasteiger partial charge in [-0.05, 0) is 24.6 Å². The zero-order valence-corrected chi connectivity index (χ0v) is 8.49. The maximum absolute atomic E-state index is 13.0. The van der Waals surface area contributed by atoms with E-state index in [-0.39, 0.29) is 12.4 Å². The second-order valence-electron chi connectivity index (χ2n) is 4.08. The van der Waals surface area contributed by atoms with E-state index in [2.05, 4.69) is 0 Å². The largest absolute Gasteiger partial charge is 0.387 e. The van der Waals surface area contributed by atoms with Gasteiger partial charge in [-0.2, -0.15) is 0 Å². The predicted octanol–water partition coefficient (Wildman–Crippen LogP) is 0.726. The molecule has 1 heterocycles. The van der Waals surface area contributed by atoms with E-state index in [1.54, 1.807) is 6.07 Å². The number of hydrogen-bond donors (Lipinski definition) is 2. The summed E-state index contributed by atoms with van der Waals surface area (Å²) in [6, 6.07) is 6.40. The summed E-state index contributed by atoms with van der Waals surface area (Å²) in [6.07, 6.45) is 0.639. The first-order valence-corrected chi connectivity index (χ1v) is 5.06. The molecule has 1 unspecified atom stereocenters. The van der Waals surface area contributed by atoms with Crippen LogP contribution >= 0.6 is 0 Å². The molecule has 0 spiro atoms. The summed E-state index contributed by atoms with van der Waals surface area (Å²) >= 11 is 0. The van der Waals surface area contributed by atoms with Crippen LogP contribution in [0, 0.1) is 5.82 Å². The Balaban J connectivity index is 2.14. The smallest absolute Gasteiger partial charge is 0.125 e. The number of rotatable bonds is 2. The Hall–Kier alpha value is -1.13. The van der Waals surface area contributed by atoms with Gasteiger partial charge in [0.15, 0.2) is 0 Å². The van der Waals surface area contributed by atoms with E-state index in [9.17, 15) is 9.50 Å². The highest BCUT2D eigenvalue weighted by Gasteiger charge is 2.34. The van der Waals surface area contributed by atoms with E-state index in [0.717, 1.165) is 12.2 Å². The molecular formula is C11H15FN2O. The van der Waals surface area contributed by atoms with E-state index < -0.39 is 5.60 Å². The van der Waals surface area contributed by atoms with E-state index >= 15 is 0 Å². The Labute approximate surface area is 88.3 Å². The van der Waals surface area contributed by atoms with Gasteiger partial charge in [0, 0.05) is 25.3 Å². The Morgan fingerprint density at radius 3 is 2.93 bits per heavy atom. The van der Waals surface area contributed by atoms with Gasteiger partial charge in [-0.25, -0.2) is 4.39 Å². The number of aliphatic hydroxyl groups is 1. The van der Waals surface area contributed by atoms with Crippen LogP contribution in [0.2, 0.25) is 0 Å². The molecule has 3 nitrogen and oxygen atoms in total. The van der Waals surface area contributed by atoms with Crippen molar-refractivity contribution in [3.63, 3.8) is 0 Å². The molecule has 1 atom stereocenters. The standard InChI is InChI=1S/C11H15FN2O/c12-9-2-1-3-10(6-9)14-5-4-11(15,7-13)8-14/h1-3,6,15H,4-5,7-8,13H2. The summed E-state index contributed by atoms with van der Waals surface area (Å²) in [4.78, 5) is 1.95. The average Bonchev–Trinajstić information content (AvgIpc) is 2.62. The summed E-state index contributed by atoms with van der Waals surface area (Å²) in [6.45, 7) is 1.45. The maximum atomic E-state index is 13.0. The van der Waals surface area contributed by atoms with Crippen LogP contribution in [0.25, 0.3) is 0 Å². The van der Waals surface area contributed by atoms with Crippen molar-refractivity contribution < 1.29 is 9.50 Å². The Morgan fingerprint density at radius 1 is 1.53 bits per heavy atom. The van der Waals surface area contributed by atoms with E-state index in [0.29, 0.717) is 13.0 Å². The topological polar surface area (TPSA) is 49.5 Å². The monoisotopic (exact) mass is 210 g/mol. The molecule has 1 aliphatic heterocycles. The number of anilines is 1. The SMILES string of the molecule is NCC1(O)CCN(c2cccc(F)c2)C1. The summed E-state index contributed by atoms with van der Waals surface area (Å²) in [5.74, 6) is -0.254. The third-order valence-corrected chi connectivity index (χ3v) is 2.89. The molecule has 1 aliphatic rings. The van der Waals surface area contributed by atoms with Crippen molar-refractivity contribution in [3.05, 3.63) is 30.1 Å². The third-order valence-electron chi connectivity index (χ3n) is 2.89. The van der Waals surface area contributed by atoms with Gasteiger partial charge in [-0.15, -0.1) is 0 Å². The molecule has 1 aromatic carbocycles. The van der Waals surface area contributed by atoms with Crippen LogP contribution in [-0.2, 0) is 0 Å². The van der Waals surface area contributed by atoms with Crippen LogP contribution in [0.4, 0.5) is 10.1 Å². The first kappa shape index (κ1) is 10.4. The highest BCUT2D eigenvalue weighted by Crippen LogP contribution is 2.26. The van der Waals surface area contributed by atoms with E-state index in [1.807, 2.05) is 11.0 Å². The highest BCUT2D eigenvalue weighted by molar-refractivity contribution is 5.48. The maximum Gasteiger partial charge on any atom is 0.125 e. The third kappa shape index (κ3) is 2.11. The van der Waals surface area contributed by atoms with Gasteiger partial charge in [0.1, 0.15) is 5.82 Å². The van der Waals surface area contributed by atoms with Crippen molar-refractivity contribution in [2.24, 2.45) is 5.73 Å². The number of nitrogens with zero attached hydrogens (tertiary/aromatic N) is 1. The molecule has 3 N–H and O–H groups in total. The number of β-amino-alcohol motifs (C(OH)–C–C–N with tert-alkyl or cyclic N) is 1. The number of nitrogens with two attached hydrogens (primary N) is 1. The average molecular weight is 210 g/mol. The fraction of sp³-hybridized carbons (Fsp3) is 0.455. The van der Waals surface area contributed by atoms with Crippen LogP contribution < -0.4 is 10.6 Å². The minimum atomic E-state index is -0.813. The summed E-state index contributed by atoms with van der Waals surface area (Å²) < 4.78 is 13.0. The van der Waals surface area contributed by atoms with E-state index in [4.69, 9.17) is 5.73 Å². The number of halogens is 1. The van der Waals surface area contributed by atoms with Crippen LogP contribution in [-0.4, -0.2) is 30.3 Å². The molecule has 0 saturated carbocycles. The van der Waals surface area contributed by atoms with Crippen molar-refractivity contribution in [3.8, 4) is 0 Å². The van der Waals surface area contributed by atoms with Crippen molar-refractivity contribution >= 4 is 5.69 Å². The number of hydrogen-bond acceptors (Lipinski definition) is 3. The molecule has 2 rings (SSSR count). The minimum absolute atomic E-state index is 0.249. The van der Waals surface area contributed by atoms with Gasteiger partial charge in [0.25, 0.3) is 0 Å². The molecular weight excluding hydrogens is 195 g/mol. The van der Waals surface area contributed by atoms with Gasteiger partial charge in [-0.1, -0.05) is 6.07 Å². The highest BCUT2D eigenvalue weighted by atomic mass is 19.1. The molecule has 82 valence electrons. The van der Waals surface area contributed by atoms with E-state index in [1.165, 1.54) is 12.1 Å². The van der Waals surface area contributed by atoms with Crippen molar-refractivity contribution in [1.29, 1.82) is 0 Å². The normalized spacial score (nSPS) is 25.9. The summed E-state index contributed by atoms with van der Waals surface area (Å²) in [5, 5.41) is 9.94.